The van der Waals surface area contributed by atoms with Crippen LogP contribution in [0.1, 0.15) is 61.9 Å². The average molecular weight is 496 g/mol. The van der Waals surface area contributed by atoms with E-state index in [1.54, 1.807) is 0 Å². The Morgan fingerprint density at radius 2 is 1.65 bits per heavy atom. The van der Waals surface area contributed by atoms with Crippen molar-refractivity contribution in [2.45, 2.75) is 51.4 Å². The van der Waals surface area contributed by atoms with Crippen LogP contribution in [-0.2, 0) is 0 Å². The minimum Gasteiger partial charge on any atom is -0.382 e. The van der Waals surface area contributed by atoms with Gasteiger partial charge in [-0.25, -0.2) is 9.97 Å². The Kier molecular flexibility index (Phi) is 11.6. The Morgan fingerprint density at radius 1 is 0.971 bits per heavy atom. The van der Waals surface area contributed by atoms with Crippen LogP contribution in [0.2, 0.25) is 5.15 Å². The number of likely N-dealkylation sites (tertiary alicyclic amines) is 1. The van der Waals surface area contributed by atoms with Crippen LogP contribution in [0.5, 0.6) is 0 Å². The molecule has 1 aliphatic rings. The minimum absolute atomic E-state index is 0.00533. The fraction of sp³-hybridized carbons (Fsp3) is 0.667. The number of nitrogens with zero attached hydrogens (tertiary/aromatic N) is 5. The van der Waals surface area contributed by atoms with Crippen molar-refractivity contribution in [1.82, 2.24) is 20.2 Å². The zero-order valence-corrected chi connectivity index (χ0v) is 20.4. The van der Waals surface area contributed by atoms with Gasteiger partial charge in [-0.15, -0.1) is 0 Å². The second-order valence-corrected chi connectivity index (χ2v) is 8.86. The van der Waals surface area contributed by atoms with Crippen LogP contribution < -0.4 is 34.0 Å². The van der Waals surface area contributed by atoms with E-state index in [0.717, 1.165) is 51.2 Å². The number of guanidine groups is 2. The summed E-state index contributed by atoms with van der Waals surface area (Å²) in [6, 6.07) is 0. The van der Waals surface area contributed by atoms with E-state index < -0.39 is 5.91 Å². The highest BCUT2D eigenvalue weighted by atomic mass is 35.5. The van der Waals surface area contributed by atoms with Gasteiger partial charge in [0.05, 0.1) is 0 Å². The monoisotopic (exact) mass is 495 g/mol. The SMILES string of the molecule is NC(N)=NCCCCCN1CCC(CCCCN=C(N)NC(=O)c2nc(Cl)c(N)nc2N)CC1. The van der Waals surface area contributed by atoms with Crippen molar-refractivity contribution in [3.8, 4) is 0 Å². The molecule has 0 bridgehead atoms. The van der Waals surface area contributed by atoms with E-state index in [1.165, 1.54) is 25.7 Å². The summed E-state index contributed by atoms with van der Waals surface area (Å²) in [5, 5.41) is 2.35. The zero-order valence-electron chi connectivity index (χ0n) is 19.7. The number of piperidine rings is 1. The minimum atomic E-state index is -0.631. The summed E-state index contributed by atoms with van der Waals surface area (Å²) in [5.41, 5.74) is 27.5. The molecule has 0 spiro atoms. The molecule has 11 N–H and O–H groups in total. The molecule has 1 aromatic rings. The second-order valence-electron chi connectivity index (χ2n) is 8.50. The molecule has 2 rings (SSSR count). The number of amides is 1. The van der Waals surface area contributed by atoms with Crippen LogP contribution in [0.25, 0.3) is 0 Å². The van der Waals surface area contributed by atoms with Crippen molar-refractivity contribution in [2.75, 3.05) is 44.2 Å². The fourth-order valence-corrected chi connectivity index (χ4v) is 4.03. The van der Waals surface area contributed by atoms with Gasteiger partial charge in [-0.1, -0.05) is 30.9 Å². The van der Waals surface area contributed by atoms with Gasteiger partial charge in [-0.3, -0.25) is 20.1 Å². The van der Waals surface area contributed by atoms with Crippen molar-refractivity contribution in [3.05, 3.63) is 10.8 Å². The highest BCUT2D eigenvalue weighted by molar-refractivity contribution is 6.31. The molecule has 34 heavy (non-hydrogen) atoms. The average Bonchev–Trinajstić information content (AvgIpc) is 2.79. The molecule has 2 heterocycles. The van der Waals surface area contributed by atoms with Crippen molar-refractivity contribution in [1.29, 1.82) is 0 Å². The number of hydrogen-bond donors (Lipinski definition) is 6. The van der Waals surface area contributed by atoms with E-state index >= 15 is 0 Å². The zero-order chi connectivity index (χ0) is 24.9. The van der Waals surface area contributed by atoms with Crippen LogP contribution in [0.4, 0.5) is 11.6 Å². The van der Waals surface area contributed by atoms with E-state index in [2.05, 4.69) is 30.2 Å². The maximum absolute atomic E-state index is 12.2. The normalized spacial score (nSPS) is 15.3. The number of carbonyl (C=O) groups is 1. The molecule has 1 amide bonds. The number of anilines is 2. The van der Waals surface area contributed by atoms with Gasteiger partial charge in [0.2, 0.25) is 0 Å². The number of nitrogens with one attached hydrogen (secondary N) is 1. The van der Waals surface area contributed by atoms with E-state index in [4.69, 9.17) is 40.3 Å². The number of unbranched alkanes of at least 4 members (excludes halogenated alkanes) is 3. The summed E-state index contributed by atoms with van der Waals surface area (Å²) in [6.07, 6.45) is 9.01. The molecule has 0 atom stereocenters. The Hall–Kier alpha value is -2.86. The summed E-state index contributed by atoms with van der Waals surface area (Å²) in [6.45, 7) is 4.73. The number of carbonyl (C=O) groups excluding carboxylic acids is 1. The number of hydrogen-bond acceptors (Lipinski definition) is 8. The number of nitrogen functional groups attached to an aromatic ring is 2. The molecule has 1 fully saturated rings. The number of rotatable bonds is 12. The molecule has 0 aliphatic carbocycles. The van der Waals surface area contributed by atoms with Gasteiger partial charge in [0.25, 0.3) is 5.91 Å². The lowest BCUT2D eigenvalue weighted by Crippen LogP contribution is -2.38. The smallest absolute Gasteiger partial charge is 0.280 e. The third kappa shape index (κ3) is 9.96. The van der Waals surface area contributed by atoms with Crippen molar-refractivity contribution in [2.24, 2.45) is 33.1 Å². The molecule has 13 heteroatoms. The van der Waals surface area contributed by atoms with Crippen molar-refractivity contribution in [3.63, 3.8) is 0 Å². The first kappa shape index (κ1) is 27.4. The lowest BCUT2D eigenvalue weighted by atomic mass is 9.91. The molecule has 0 unspecified atom stereocenters. The predicted molar refractivity (Wildman–Crippen MR) is 137 cm³/mol. The highest BCUT2D eigenvalue weighted by Crippen LogP contribution is 2.23. The molecule has 1 aliphatic heterocycles. The van der Waals surface area contributed by atoms with Crippen molar-refractivity contribution < 1.29 is 4.79 Å². The molecule has 0 saturated carbocycles. The summed E-state index contributed by atoms with van der Waals surface area (Å²) < 4.78 is 0. The van der Waals surface area contributed by atoms with Gasteiger partial charge in [-0.2, -0.15) is 0 Å². The van der Waals surface area contributed by atoms with Gasteiger partial charge in [0.1, 0.15) is 0 Å². The highest BCUT2D eigenvalue weighted by Gasteiger charge is 2.19. The summed E-state index contributed by atoms with van der Waals surface area (Å²) in [7, 11) is 0. The first-order valence-electron chi connectivity index (χ1n) is 11.7. The molecule has 0 aromatic carbocycles. The number of halogens is 1. The molecule has 1 saturated heterocycles. The molecular formula is C21H38ClN11O. The van der Waals surface area contributed by atoms with Gasteiger partial charge in [0, 0.05) is 13.1 Å². The summed E-state index contributed by atoms with van der Waals surface area (Å²) in [5.74, 6) is 0.140. The number of aromatic nitrogens is 2. The van der Waals surface area contributed by atoms with E-state index in [1.807, 2.05) is 0 Å². The Labute approximate surface area is 205 Å². The molecule has 1 aromatic heterocycles. The third-order valence-corrected chi connectivity index (χ3v) is 6.08. The Balaban J connectivity index is 1.56. The first-order chi connectivity index (χ1) is 16.3. The second kappa shape index (κ2) is 14.4. The maximum atomic E-state index is 12.2. The summed E-state index contributed by atoms with van der Waals surface area (Å²) in [4.78, 5) is 30.6. The quantitative estimate of drug-likeness (QED) is 0.136. The third-order valence-electron chi connectivity index (χ3n) is 5.80. The molecule has 190 valence electrons. The van der Waals surface area contributed by atoms with E-state index in [-0.39, 0.29) is 34.4 Å². The van der Waals surface area contributed by atoms with Gasteiger partial charge in [-0.05, 0) is 57.7 Å². The Morgan fingerprint density at radius 3 is 2.35 bits per heavy atom. The molecular weight excluding hydrogens is 458 g/mol. The van der Waals surface area contributed by atoms with E-state index in [0.29, 0.717) is 13.1 Å². The topological polar surface area (TPSA) is 213 Å². The molecule has 0 radical (unpaired) electrons. The van der Waals surface area contributed by atoms with Crippen molar-refractivity contribution >= 4 is 41.1 Å². The fourth-order valence-electron chi connectivity index (χ4n) is 3.90. The number of aliphatic imine (C=N–C) groups is 2. The standard InChI is InChI=1S/C21H38ClN11O/c22-16-18(24)31-17(23)15(30-16)19(34)32-21(27)29-10-4-2-6-14-7-12-33(13-8-14)11-5-1-3-9-28-20(25)26/h14H,1-13H2,(H4,23,24,31)(H4,25,26,28)(H3,27,29,32,34). The summed E-state index contributed by atoms with van der Waals surface area (Å²) >= 11 is 5.80. The van der Waals surface area contributed by atoms with E-state index in [9.17, 15) is 4.79 Å². The van der Waals surface area contributed by atoms with Crippen LogP contribution in [-0.4, -0.2) is 65.4 Å². The lowest BCUT2D eigenvalue weighted by Gasteiger charge is -2.32. The molecule has 12 nitrogen and oxygen atoms in total. The number of nitrogens with two attached hydrogens (primary N) is 5. The van der Waals surface area contributed by atoms with Crippen LogP contribution in [0, 0.1) is 5.92 Å². The maximum Gasteiger partial charge on any atom is 0.280 e. The Bertz CT molecular complexity index is 849. The first-order valence-corrected chi connectivity index (χ1v) is 12.1. The van der Waals surface area contributed by atoms with Gasteiger partial charge < -0.3 is 33.6 Å². The van der Waals surface area contributed by atoms with Crippen LogP contribution in [0.15, 0.2) is 9.98 Å². The van der Waals surface area contributed by atoms with Crippen LogP contribution >= 0.6 is 11.6 Å². The van der Waals surface area contributed by atoms with Gasteiger partial charge in [0.15, 0.2) is 34.4 Å². The predicted octanol–water partition coefficient (Wildman–Crippen LogP) is 0.665. The van der Waals surface area contributed by atoms with Gasteiger partial charge >= 0.3 is 0 Å². The largest absolute Gasteiger partial charge is 0.382 e. The van der Waals surface area contributed by atoms with Crippen LogP contribution in [0.3, 0.4) is 0 Å². The lowest BCUT2D eigenvalue weighted by molar-refractivity contribution is 0.0972.